The van der Waals surface area contributed by atoms with Crippen LogP contribution in [-0.4, -0.2) is 51.5 Å². The van der Waals surface area contributed by atoms with Crippen LogP contribution in [0.25, 0.3) is 0 Å². The van der Waals surface area contributed by atoms with E-state index in [-0.39, 0.29) is 25.2 Å². The minimum atomic E-state index is -0.830. The summed E-state index contributed by atoms with van der Waals surface area (Å²) < 4.78 is 33.0. The zero-order chi connectivity index (χ0) is 21.3. The largest absolute Gasteiger partial charge is 0.493 e. The van der Waals surface area contributed by atoms with Crippen LogP contribution in [0.4, 0.5) is 0 Å². The molecule has 0 amide bonds. The molecule has 0 radical (unpaired) electrons. The Bertz CT molecular complexity index is 874. The van der Waals surface area contributed by atoms with Gasteiger partial charge in [-0.1, -0.05) is 6.07 Å². The number of methoxy groups -OCH3 is 3. The van der Waals surface area contributed by atoms with E-state index in [1.807, 2.05) is 12.1 Å². The fourth-order valence-corrected chi connectivity index (χ4v) is 4.20. The van der Waals surface area contributed by atoms with Crippen LogP contribution in [0.5, 0.6) is 28.7 Å². The summed E-state index contributed by atoms with van der Waals surface area (Å²) in [5.74, 6) is 2.13. The average Bonchev–Trinajstić information content (AvgIpc) is 3.43. The van der Waals surface area contributed by atoms with Gasteiger partial charge in [0.05, 0.1) is 40.1 Å². The van der Waals surface area contributed by atoms with Crippen LogP contribution in [0.15, 0.2) is 30.3 Å². The molecule has 8 nitrogen and oxygen atoms in total. The number of hydrogen-bond donors (Lipinski definition) is 2. The third-order valence-corrected chi connectivity index (χ3v) is 5.78. The molecule has 2 N–H and O–H groups in total. The van der Waals surface area contributed by atoms with Gasteiger partial charge in [0.1, 0.15) is 0 Å². The zero-order valence-corrected chi connectivity index (χ0v) is 17.2. The van der Waals surface area contributed by atoms with Crippen molar-refractivity contribution in [1.82, 2.24) is 0 Å². The molecule has 2 aliphatic rings. The van der Waals surface area contributed by atoms with Crippen molar-refractivity contribution in [3.05, 3.63) is 41.5 Å². The number of aliphatic hydroxyl groups excluding tert-OH is 2. The predicted molar refractivity (Wildman–Crippen MR) is 106 cm³/mol. The van der Waals surface area contributed by atoms with Gasteiger partial charge in [0.2, 0.25) is 12.5 Å². The molecule has 30 heavy (non-hydrogen) atoms. The van der Waals surface area contributed by atoms with Gasteiger partial charge in [-0.2, -0.15) is 0 Å². The topological polar surface area (TPSA) is 95.8 Å². The second kappa shape index (κ2) is 8.59. The van der Waals surface area contributed by atoms with Crippen LogP contribution < -0.4 is 23.7 Å². The van der Waals surface area contributed by atoms with Gasteiger partial charge in [-0.25, -0.2) is 0 Å². The predicted octanol–water partition coefficient (Wildman–Crippen LogP) is 2.47. The van der Waals surface area contributed by atoms with E-state index >= 15 is 0 Å². The van der Waals surface area contributed by atoms with Crippen LogP contribution in [0.3, 0.4) is 0 Å². The van der Waals surface area contributed by atoms with Gasteiger partial charge < -0.3 is 38.6 Å². The Morgan fingerprint density at radius 2 is 1.70 bits per heavy atom. The number of rotatable bonds is 7. The van der Waals surface area contributed by atoms with Crippen LogP contribution in [-0.2, 0) is 4.74 Å². The molecule has 0 saturated carbocycles. The molecular weight excluding hydrogens is 392 g/mol. The number of ether oxygens (including phenoxy) is 6. The van der Waals surface area contributed by atoms with Gasteiger partial charge in [0, 0.05) is 18.4 Å². The Labute approximate surface area is 174 Å². The van der Waals surface area contributed by atoms with Gasteiger partial charge in [0.25, 0.3) is 0 Å². The monoisotopic (exact) mass is 418 g/mol. The Morgan fingerprint density at radius 1 is 1.00 bits per heavy atom. The van der Waals surface area contributed by atoms with Crippen LogP contribution >= 0.6 is 0 Å². The molecule has 0 bridgehead atoms. The highest BCUT2D eigenvalue weighted by Gasteiger charge is 2.42. The maximum atomic E-state index is 11.0. The highest BCUT2D eigenvalue weighted by molar-refractivity contribution is 5.54. The molecule has 0 aliphatic carbocycles. The molecule has 8 heteroatoms. The lowest BCUT2D eigenvalue weighted by Crippen LogP contribution is -2.25. The molecule has 2 aromatic carbocycles. The molecule has 4 atom stereocenters. The first kappa shape index (κ1) is 20.6. The summed E-state index contributed by atoms with van der Waals surface area (Å²) in [6.07, 6.45) is -1.26. The van der Waals surface area contributed by atoms with E-state index in [0.717, 1.165) is 5.56 Å². The van der Waals surface area contributed by atoms with Gasteiger partial charge in [-0.15, -0.1) is 0 Å². The lowest BCUT2D eigenvalue weighted by molar-refractivity contribution is 0.0632. The summed E-state index contributed by atoms with van der Waals surface area (Å²) in [7, 11) is 4.64. The van der Waals surface area contributed by atoms with Gasteiger partial charge >= 0.3 is 0 Å². The van der Waals surface area contributed by atoms with E-state index in [1.54, 1.807) is 39.5 Å². The van der Waals surface area contributed by atoms with Crippen molar-refractivity contribution < 1.29 is 38.6 Å². The van der Waals surface area contributed by atoms with E-state index in [0.29, 0.717) is 40.9 Å². The van der Waals surface area contributed by atoms with Crippen LogP contribution in [0.1, 0.15) is 23.3 Å². The number of fused-ring (bicyclic) bond motifs is 1. The molecule has 4 unspecified atom stereocenters. The molecule has 0 aromatic heterocycles. The summed E-state index contributed by atoms with van der Waals surface area (Å²) in [6.45, 7) is 0.319. The van der Waals surface area contributed by atoms with Gasteiger partial charge in [0.15, 0.2) is 23.0 Å². The first-order chi connectivity index (χ1) is 14.6. The Kier molecular flexibility index (Phi) is 5.90. The maximum Gasteiger partial charge on any atom is 0.231 e. The average molecular weight is 418 g/mol. The van der Waals surface area contributed by atoms with Crippen molar-refractivity contribution in [3.8, 4) is 28.7 Å². The molecule has 162 valence electrons. The second-order valence-corrected chi connectivity index (χ2v) is 7.28. The molecule has 2 aromatic rings. The van der Waals surface area contributed by atoms with Crippen LogP contribution in [0, 0.1) is 11.8 Å². The number of benzene rings is 2. The molecular formula is C22H26O8. The summed E-state index contributed by atoms with van der Waals surface area (Å²) in [6, 6.07) is 8.98. The van der Waals surface area contributed by atoms with E-state index in [1.165, 1.54) is 0 Å². The fourth-order valence-electron chi connectivity index (χ4n) is 4.20. The van der Waals surface area contributed by atoms with E-state index < -0.39 is 12.2 Å². The molecule has 4 rings (SSSR count). The number of hydrogen-bond acceptors (Lipinski definition) is 8. The van der Waals surface area contributed by atoms with Crippen molar-refractivity contribution in [2.24, 2.45) is 11.8 Å². The van der Waals surface area contributed by atoms with Crippen molar-refractivity contribution >= 4 is 0 Å². The minimum absolute atomic E-state index is 0.145. The highest BCUT2D eigenvalue weighted by Crippen LogP contribution is 2.48. The standard InChI is InChI=1S/C22H26O8/c1-25-18-7-13(8-19(26-2)22(18)27-3)21-14(9-23)15(10-28-21)20(24)12-4-5-16-17(6-12)30-11-29-16/h4-8,14-15,20-21,23-24H,9-11H2,1-3H3. The van der Waals surface area contributed by atoms with E-state index in [4.69, 9.17) is 28.4 Å². The Morgan fingerprint density at radius 3 is 2.33 bits per heavy atom. The smallest absolute Gasteiger partial charge is 0.231 e. The molecule has 1 fully saturated rings. The van der Waals surface area contributed by atoms with Crippen molar-refractivity contribution in [2.45, 2.75) is 12.2 Å². The van der Waals surface area contributed by atoms with Crippen LogP contribution in [0.2, 0.25) is 0 Å². The molecule has 2 aliphatic heterocycles. The van der Waals surface area contributed by atoms with E-state index in [2.05, 4.69) is 0 Å². The zero-order valence-electron chi connectivity index (χ0n) is 17.2. The van der Waals surface area contributed by atoms with E-state index in [9.17, 15) is 10.2 Å². The maximum absolute atomic E-state index is 11.0. The van der Waals surface area contributed by atoms with Gasteiger partial charge in [-0.3, -0.25) is 0 Å². The normalized spacial score (nSPS) is 23.3. The summed E-state index contributed by atoms with van der Waals surface area (Å²) in [5.41, 5.74) is 1.47. The Hall–Kier alpha value is -2.68. The minimum Gasteiger partial charge on any atom is -0.493 e. The summed E-state index contributed by atoms with van der Waals surface area (Å²) >= 11 is 0. The van der Waals surface area contributed by atoms with Crippen molar-refractivity contribution in [2.75, 3.05) is 41.3 Å². The quantitative estimate of drug-likeness (QED) is 0.708. The lowest BCUT2D eigenvalue weighted by Gasteiger charge is -2.26. The first-order valence-corrected chi connectivity index (χ1v) is 9.71. The second-order valence-electron chi connectivity index (χ2n) is 7.28. The SMILES string of the molecule is COc1cc(C2OCC(C(O)c3ccc4c(c3)OCO4)C2CO)cc(OC)c1OC. The van der Waals surface area contributed by atoms with Crippen molar-refractivity contribution in [1.29, 1.82) is 0 Å². The number of aliphatic hydroxyl groups is 2. The summed E-state index contributed by atoms with van der Waals surface area (Å²) in [4.78, 5) is 0. The van der Waals surface area contributed by atoms with Crippen molar-refractivity contribution in [3.63, 3.8) is 0 Å². The third kappa shape index (κ3) is 3.51. The summed E-state index contributed by atoms with van der Waals surface area (Å²) in [5, 5.41) is 21.2. The molecule has 1 saturated heterocycles. The Balaban J connectivity index is 1.61. The first-order valence-electron chi connectivity index (χ1n) is 9.71. The highest BCUT2D eigenvalue weighted by atomic mass is 16.7. The van der Waals surface area contributed by atoms with Gasteiger partial charge in [-0.05, 0) is 35.4 Å². The molecule has 2 heterocycles. The lowest BCUT2D eigenvalue weighted by atomic mass is 9.82. The fraction of sp³-hybridized carbons (Fsp3) is 0.455. The third-order valence-electron chi connectivity index (χ3n) is 5.78. The molecule has 0 spiro atoms.